The van der Waals surface area contributed by atoms with Crippen molar-refractivity contribution < 1.29 is 9.37 Å². The molecule has 17 heavy (non-hydrogen) atoms. The molecule has 1 amide bonds. The maximum Gasteiger partial charge on any atom is 0.285 e. The van der Waals surface area contributed by atoms with Gasteiger partial charge in [0.1, 0.15) is 0 Å². The Hall–Kier alpha value is -1.64. The zero-order chi connectivity index (χ0) is 12.6. The van der Waals surface area contributed by atoms with Crippen LogP contribution in [0.1, 0.15) is 26.3 Å². The number of para-hydroxylation sites is 1. The third kappa shape index (κ3) is 1.75. The Kier molecular flexibility index (Phi) is 2.77. The Bertz CT molecular complexity index is 501. The van der Waals surface area contributed by atoms with Crippen LogP contribution in [-0.4, -0.2) is 29.8 Å². The molecule has 0 unspecified atom stereocenters. The summed E-state index contributed by atoms with van der Waals surface area (Å²) < 4.78 is 2.11. The summed E-state index contributed by atoms with van der Waals surface area (Å²) in [5, 5.41) is 2.68. The molecule has 0 saturated heterocycles. The number of hydrogen-bond donors (Lipinski definition) is 1. The smallest absolute Gasteiger partial charge is 0.285 e. The summed E-state index contributed by atoms with van der Waals surface area (Å²) in [5.41, 5.74) is 3.67. The molecule has 1 heterocycles. The van der Waals surface area contributed by atoms with Crippen LogP contribution < -0.4 is 5.32 Å². The highest BCUT2D eigenvalue weighted by Gasteiger charge is 2.43. The van der Waals surface area contributed by atoms with Gasteiger partial charge in [-0.25, -0.2) is 0 Å². The van der Waals surface area contributed by atoms with Gasteiger partial charge in [-0.05, 0) is 13.8 Å². The minimum Gasteiger partial charge on any atom is -0.354 e. The van der Waals surface area contributed by atoms with E-state index in [1.165, 1.54) is 11.3 Å². The molecule has 0 saturated carbocycles. The third-order valence-corrected chi connectivity index (χ3v) is 3.76. The zero-order valence-corrected chi connectivity index (χ0v) is 10.9. The lowest BCUT2D eigenvalue weighted by Gasteiger charge is -2.14. The average molecular weight is 231 g/mol. The van der Waals surface area contributed by atoms with Crippen molar-refractivity contribution >= 4 is 17.3 Å². The van der Waals surface area contributed by atoms with Crippen LogP contribution in [0, 0.1) is 0 Å². The molecular formula is C14H19N2O+. The monoisotopic (exact) mass is 231 g/mol. The predicted octanol–water partition coefficient (Wildman–Crippen LogP) is 1.83. The maximum atomic E-state index is 11.6. The van der Waals surface area contributed by atoms with Gasteiger partial charge in [0.25, 0.3) is 5.91 Å². The lowest BCUT2D eigenvalue weighted by molar-refractivity contribution is -0.426. The second-order valence-corrected chi connectivity index (χ2v) is 4.99. The number of amides is 1. The Morgan fingerprint density at radius 1 is 1.35 bits per heavy atom. The first-order valence-electron chi connectivity index (χ1n) is 5.90. The highest BCUT2D eigenvalue weighted by molar-refractivity contribution is 5.94. The SMILES string of the molecule is CNC(=O)C[N+]1=C(C)C(C)(C)c2ccccc21. The number of nitrogens with zero attached hydrogens (tertiary/aromatic N) is 1. The first-order valence-corrected chi connectivity index (χ1v) is 5.90. The van der Waals surface area contributed by atoms with Crippen LogP contribution in [0.25, 0.3) is 0 Å². The Morgan fingerprint density at radius 2 is 2.00 bits per heavy atom. The van der Waals surface area contributed by atoms with Crippen LogP contribution in [0.3, 0.4) is 0 Å². The lowest BCUT2D eigenvalue weighted by atomic mass is 9.82. The molecule has 0 spiro atoms. The van der Waals surface area contributed by atoms with Gasteiger partial charge in [0, 0.05) is 25.6 Å². The summed E-state index contributed by atoms with van der Waals surface area (Å²) in [7, 11) is 1.67. The molecule has 0 aliphatic carbocycles. The van der Waals surface area contributed by atoms with Crippen LogP contribution in [0.5, 0.6) is 0 Å². The molecule has 0 radical (unpaired) electrons. The van der Waals surface area contributed by atoms with Gasteiger partial charge in [-0.1, -0.05) is 18.2 Å². The van der Waals surface area contributed by atoms with E-state index in [1.807, 2.05) is 6.07 Å². The van der Waals surface area contributed by atoms with Gasteiger partial charge in [-0.15, -0.1) is 0 Å². The van der Waals surface area contributed by atoms with Crippen LogP contribution in [-0.2, 0) is 10.2 Å². The molecule has 1 aliphatic heterocycles. The van der Waals surface area contributed by atoms with Gasteiger partial charge in [0.15, 0.2) is 5.71 Å². The molecule has 3 nitrogen and oxygen atoms in total. The number of likely N-dealkylation sites (N-methyl/N-ethyl adjacent to an activating group) is 1. The molecule has 1 N–H and O–H groups in total. The van der Waals surface area contributed by atoms with Gasteiger partial charge >= 0.3 is 0 Å². The van der Waals surface area contributed by atoms with Gasteiger partial charge in [0.2, 0.25) is 12.2 Å². The van der Waals surface area contributed by atoms with Gasteiger partial charge in [0.05, 0.1) is 5.41 Å². The number of carbonyl (C=O) groups excluding carboxylic acids is 1. The number of carbonyl (C=O) groups is 1. The fraction of sp³-hybridized carbons (Fsp3) is 0.429. The normalized spacial score (nSPS) is 16.9. The highest BCUT2D eigenvalue weighted by Crippen LogP contribution is 2.38. The summed E-state index contributed by atoms with van der Waals surface area (Å²) >= 11 is 0. The van der Waals surface area contributed by atoms with Crippen LogP contribution in [0.4, 0.5) is 5.69 Å². The summed E-state index contributed by atoms with van der Waals surface area (Å²) in [6.07, 6.45) is 0. The molecule has 1 aliphatic rings. The van der Waals surface area contributed by atoms with Crippen molar-refractivity contribution in [2.45, 2.75) is 26.2 Å². The van der Waals surface area contributed by atoms with Crippen molar-refractivity contribution in [2.75, 3.05) is 13.6 Å². The van der Waals surface area contributed by atoms with E-state index >= 15 is 0 Å². The lowest BCUT2D eigenvalue weighted by Crippen LogP contribution is -2.32. The summed E-state index contributed by atoms with van der Waals surface area (Å²) in [6, 6.07) is 8.29. The molecule has 0 bridgehead atoms. The molecular weight excluding hydrogens is 212 g/mol. The minimum absolute atomic E-state index is 0.00458. The number of hydrogen-bond acceptors (Lipinski definition) is 1. The van der Waals surface area contributed by atoms with Crippen LogP contribution >= 0.6 is 0 Å². The van der Waals surface area contributed by atoms with Crippen molar-refractivity contribution in [3.63, 3.8) is 0 Å². The number of rotatable bonds is 2. The van der Waals surface area contributed by atoms with E-state index in [0.29, 0.717) is 6.54 Å². The van der Waals surface area contributed by atoms with E-state index in [0.717, 1.165) is 5.69 Å². The maximum absolute atomic E-state index is 11.6. The number of nitrogens with one attached hydrogen (secondary N) is 1. The minimum atomic E-state index is 0.00458. The van der Waals surface area contributed by atoms with E-state index in [-0.39, 0.29) is 11.3 Å². The third-order valence-electron chi connectivity index (χ3n) is 3.76. The Balaban J connectivity index is 2.51. The molecule has 0 atom stereocenters. The van der Waals surface area contributed by atoms with E-state index in [4.69, 9.17) is 0 Å². The van der Waals surface area contributed by atoms with Gasteiger partial charge < -0.3 is 5.32 Å². The average Bonchev–Trinajstić information content (AvgIpc) is 2.51. The Labute approximate surface area is 102 Å². The van der Waals surface area contributed by atoms with Gasteiger partial charge in [-0.2, -0.15) is 4.58 Å². The summed E-state index contributed by atoms with van der Waals surface area (Å²) in [4.78, 5) is 11.6. The number of fused-ring (bicyclic) bond motifs is 1. The van der Waals surface area contributed by atoms with E-state index in [9.17, 15) is 4.79 Å². The van der Waals surface area contributed by atoms with E-state index in [1.54, 1.807) is 7.05 Å². The van der Waals surface area contributed by atoms with Crippen LogP contribution in [0.15, 0.2) is 24.3 Å². The van der Waals surface area contributed by atoms with E-state index < -0.39 is 0 Å². The van der Waals surface area contributed by atoms with Crippen molar-refractivity contribution in [3.8, 4) is 0 Å². The van der Waals surface area contributed by atoms with Crippen molar-refractivity contribution in [1.29, 1.82) is 0 Å². The Morgan fingerprint density at radius 3 is 2.65 bits per heavy atom. The second-order valence-electron chi connectivity index (χ2n) is 4.99. The highest BCUT2D eigenvalue weighted by atomic mass is 16.1. The standard InChI is InChI=1S/C14H18N2O/c1-10-14(2,3)11-7-5-6-8-12(11)16(10)9-13(17)15-4/h5-8H,9H2,1-4H3/p+1. The fourth-order valence-corrected chi connectivity index (χ4v) is 2.38. The molecule has 3 heteroatoms. The second kappa shape index (κ2) is 3.99. The van der Waals surface area contributed by atoms with E-state index in [2.05, 4.69) is 48.9 Å². The molecule has 0 fully saturated rings. The van der Waals surface area contributed by atoms with Crippen molar-refractivity contribution in [3.05, 3.63) is 29.8 Å². The van der Waals surface area contributed by atoms with Crippen molar-refractivity contribution in [1.82, 2.24) is 5.32 Å². The molecule has 0 aromatic heterocycles. The van der Waals surface area contributed by atoms with Gasteiger partial charge in [-0.3, -0.25) is 4.79 Å². The zero-order valence-electron chi connectivity index (χ0n) is 10.9. The predicted molar refractivity (Wildman–Crippen MR) is 69.0 cm³/mol. The topological polar surface area (TPSA) is 32.1 Å². The first-order chi connectivity index (χ1) is 7.98. The molecule has 90 valence electrons. The number of benzene rings is 1. The quantitative estimate of drug-likeness (QED) is 0.774. The largest absolute Gasteiger partial charge is 0.354 e. The fourth-order valence-electron chi connectivity index (χ4n) is 2.38. The summed E-state index contributed by atoms with van der Waals surface area (Å²) in [6.45, 7) is 6.89. The molecule has 2 rings (SSSR count). The molecule has 1 aromatic carbocycles. The van der Waals surface area contributed by atoms with Crippen LogP contribution in [0.2, 0.25) is 0 Å². The van der Waals surface area contributed by atoms with Crippen molar-refractivity contribution in [2.24, 2.45) is 0 Å². The summed E-state index contributed by atoms with van der Waals surface area (Å²) in [5.74, 6) is 0.0388. The molecule has 1 aromatic rings. The first kappa shape index (κ1) is 11.8.